The van der Waals surface area contributed by atoms with E-state index >= 15 is 0 Å². The van der Waals surface area contributed by atoms with Crippen molar-refractivity contribution < 1.29 is 4.74 Å². The van der Waals surface area contributed by atoms with E-state index in [4.69, 9.17) is 4.74 Å². The zero-order valence-corrected chi connectivity index (χ0v) is 14.1. The summed E-state index contributed by atoms with van der Waals surface area (Å²) < 4.78 is 5.44. The molecule has 3 aromatic rings. The lowest BCUT2D eigenvalue weighted by Gasteiger charge is -2.29. The van der Waals surface area contributed by atoms with Gasteiger partial charge in [-0.2, -0.15) is 10.2 Å². The lowest BCUT2D eigenvalue weighted by Crippen LogP contribution is -2.36. The van der Waals surface area contributed by atoms with Gasteiger partial charge >= 0.3 is 0 Å². The average Bonchev–Trinajstić information content (AvgIpc) is 2.68. The first-order valence-electron chi connectivity index (χ1n) is 8.40. The SMILES string of the molecule is Cc1ccc(CNc2ncnc3ccc(N4CCOCC4)cc23)nn1. The third-order valence-corrected chi connectivity index (χ3v) is 4.29. The molecule has 0 unspecified atom stereocenters. The van der Waals surface area contributed by atoms with Crippen LogP contribution in [0.25, 0.3) is 10.9 Å². The van der Waals surface area contributed by atoms with Gasteiger partial charge in [0, 0.05) is 24.2 Å². The van der Waals surface area contributed by atoms with Crippen molar-refractivity contribution in [1.29, 1.82) is 0 Å². The number of fused-ring (bicyclic) bond motifs is 1. The van der Waals surface area contributed by atoms with Crippen molar-refractivity contribution in [2.24, 2.45) is 0 Å². The fourth-order valence-electron chi connectivity index (χ4n) is 2.90. The van der Waals surface area contributed by atoms with Gasteiger partial charge < -0.3 is 15.0 Å². The number of aromatic nitrogens is 4. The van der Waals surface area contributed by atoms with Crippen LogP contribution in [0, 0.1) is 6.92 Å². The van der Waals surface area contributed by atoms with Gasteiger partial charge in [-0.1, -0.05) is 0 Å². The Hall–Kier alpha value is -2.80. The summed E-state index contributed by atoms with van der Waals surface area (Å²) in [6.45, 7) is 5.83. The second-order valence-electron chi connectivity index (χ2n) is 6.04. The molecule has 128 valence electrons. The number of benzene rings is 1. The number of anilines is 2. The molecule has 4 rings (SSSR count). The van der Waals surface area contributed by atoms with E-state index in [1.807, 2.05) is 25.1 Å². The zero-order chi connectivity index (χ0) is 17.1. The second kappa shape index (κ2) is 6.98. The molecule has 0 radical (unpaired) electrons. The number of ether oxygens (including phenoxy) is 1. The summed E-state index contributed by atoms with van der Waals surface area (Å²) >= 11 is 0. The van der Waals surface area contributed by atoms with Crippen LogP contribution in [-0.2, 0) is 11.3 Å². The van der Waals surface area contributed by atoms with Crippen LogP contribution >= 0.6 is 0 Å². The molecule has 7 heteroatoms. The first kappa shape index (κ1) is 15.7. The number of morpholine rings is 1. The smallest absolute Gasteiger partial charge is 0.137 e. The first-order valence-corrected chi connectivity index (χ1v) is 8.40. The summed E-state index contributed by atoms with van der Waals surface area (Å²) in [6.07, 6.45) is 1.58. The minimum atomic E-state index is 0.571. The van der Waals surface area contributed by atoms with Crippen molar-refractivity contribution in [3.05, 3.63) is 48.0 Å². The molecule has 1 aliphatic rings. The highest BCUT2D eigenvalue weighted by Gasteiger charge is 2.13. The molecule has 0 amide bonds. The van der Waals surface area contributed by atoms with Crippen LogP contribution < -0.4 is 10.2 Å². The molecule has 0 aliphatic carbocycles. The molecule has 0 bridgehead atoms. The van der Waals surface area contributed by atoms with Gasteiger partial charge in [0.2, 0.25) is 0 Å². The normalized spacial score (nSPS) is 14.7. The molecule has 25 heavy (non-hydrogen) atoms. The minimum absolute atomic E-state index is 0.571. The van der Waals surface area contributed by atoms with Crippen molar-refractivity contribution >= 4 is 22.4 Å². The molecule has 0 saturated carbocycles. The van der Waals surface area contributed by atoms with Gasteiger partial charge in [0.1, 0.15) is 12.1 Å². The average molecular weight is 336 g/mol. The summed E-state index contributed by atoms with van der Waals surface area (Å²) in [5.74, 6) is 0.808. The van der Waals surface area contributed by atoms with Gasteiger partial charge in [-0.25, -0.2) is 9.97 Å². The maximum Gasteiger partial charge on any atom is 0.137 e. The van der Waals surface area contributed by atoms with Crippen molar-refractivity contribution in [3.63, 3.8) is 0 Å². The lowest BCUT2D eigenvalue weighted by atomic mass is 10.2. The van der Waals surface area contributed by atoms with Gasteiger partial charge in [0.15, 0.2) is 0 Å². The number of nitrogens with zero attached hydrogens (tertiary/aromatic N) is 5. The summed E-state index contributed by atoms with van der Waals surface area (Å²) in [4.78, 5) is 11.1. The van der Waals surface area contributed by atoms with E-state index in [0.29, 0.717) is 6.54 Å². The molecule has 3 heterocycles. The molecule has 1 aromatic carbocycles. The standard InChI is InChI=1S/C18H20N6O/c1-13-2-3-14(23-22-13)11-19-18-16-10-15(24-6-8-25-9-7-24)4-5-17(16)20-12-21-18/h2-5,10,12H,6-9,11H2,1H3,(H,19,20,21). The molecule has 0 spiro atoms. The Bertz CT molecular complexity index is 861. The molecule has 1 fully saturated rings. The summed E-state index contributed by atoms with van der Waals surface area (Å²) in [5, 5.41) is 12.6. The van der Waals surface area contributed by atoms with Crippen LogP contribution in [0.5, 0.6) is 0 Å². The van der Waals surface area contributed by atoms with Crippen LogP contribution in [0.15, 0.2) is 36.7 Å². The molecular formula is C18H20N6O. The Labute approximate surface area is 146 Å². The Morgan fingerprint density at radius 3 is 2.76 bits per heavy atom. The van der Waals surface area contributed by atoms with Crippen LogP contribution in [0.1, 0.15) is 11.4 Å². The third-order valence-electron chi connectivity index (χ3n) is 4.29. The van der Waals surface area contributed by atoms with Gasteiger partial charge in [-0.3, -0.25) is 0 Å². The molecule has 1 aliphatic heterocycles. The van der Waals surface area contributed by atoms with Gasteiger partial charge in [-0.15, -0.1) is 0 Å². The Balaban J connectivity index is 1.60. The molecular weight excluding hydrogens is 316 g/mol. The predicted molar refractivity (Wildman–Crippen MR) is 96.7 cm³/mol. The number of rotatable bonds is 4. The summed E-state index contributed by atoms with van der Waals surface area (Å²) in [7, 11) is 0. The molecule has 2 aromatic heterocycles. The highest BCUT2D eigenvalue weighted by molar-refractivity contribution is 5.91. The van der Waals surface area contributed by atoms with Crippen molar-refractivity contribution in [2.45, 2.75) is 13.5 Å². The van der Waals surface area contributed by atoms with E-state index < -0.39 is 0 Å². The van der Waals surface area contributed by atoms with E-state index in [0.717, 1.165) is 54.4 Å². The van der Waals surface area contributed by atoms with Gasteiger partial charge in [0.05, 0.1) is 36.7 Å². The topological polar surface area (TPSA) is 76.1 Å². The quantitative estimate of drug-likeness (QED) is 0.782. The minimum Gasteiger partial charge on any atom is -0.378 e. The monoisotopic (exact) mass is 336 g/mol. The fraction of sp³-hybridized carbons (Fsp3) is 0.333. The Morgan fingerprint density at radius 1 is 1.08 bits per heavy atom. The largest absolute Gasteiger partial charge is 0.378 e. The summed E-state index contributed by atoms with van der Waals surface area (Å²) in [6, 6.07) is 10.2. The molecule has 1 N–H and O–H groups in total. The van der Waals surface area contributed by atoms with Crippen molar-refractivity contribution in [1.82, 2.24) is 20.2 Å². The number of aryl methyl sites for hydroxylation is 1. The Morgan fingerprint density at radius 2 is 1.96 bits per heavy atom. The molecule has 1 saturated heterocycles. The third kappa shape index (κ3) is 3.51. The van der Waals surface area contributed by atoms with E-state index in [1.54, 1.807) is 6.33 Å². The molecule has 0 atom stereocenters. The summed E-state index contributed by atoms with van der Waals surface area (Å²) in [5.41, 5.74) is 3.88. The maximum atomic E-state index is 5.44. The van der Waals surface area contributed by atoms with Gasteiger partial charge in [-0.05, 0) is 37.3 Å². The fourth-order valence-corrected chi connectivity index (χ4v) is 2.90. The van der Waals surface area contributed by atoms with Crippen molar-refractivity contribution in [3.8, 4) is 0 Å². The number of hydrogen-bond acceptors (Lipinski definition) is 7. The Kier molecular flexibility index (Phi) is 4.39. The number of nitrogens with one attached hydrogen (secondary N) is 1. The van der Waals surface area contributed by atoms with E-state index in [1.165, 1.54) is 5.69 Å². The van der Waals surface area contributed by atoms with E-state index in [9.17, 15) is 0 Å². The molecule has 7 nitrogen and oxygen atoms in total. The van der Waals surface area contributed by atoms with Crippen LogP contribution in [-0.4, -0.2) is 46.5 Å². The zero-order valence-electron chi connectivity index (χ0n) is 14.1. The van der Waals surface area contributed by atoms with Crippen LogP contribution in [0.3, 0.4) is 0 Å². The van der Waals surface area contributed by atoms with Crippen molar-refractivity contribution in [2.75, 3.05) is 36.5 Å². The highest BCUT2D eigenvalue weighted by atomic mass is 16.5. The second-order valence-corrected chi connectivity index (χ2v) is 6.04. The predicted octanol–water partition coefficient (Wildman–Crippen LogP) is 2.18. The van der Waals surface area contributed by atoms with E-state index in [-0.39, 0.29) is 0 Å². The van der Waals surface area contributed by atoms with E-state index in [2.05, 4.69) is 42.5 Å². The van der Waals surface area contributed by atoms with Gasteiger partial charge in [0.25, 0.3) is 0 Å². The maximum absolute atomic E-state index is 5.44. The van der Waals surface area contributed by atoms with Crippen LogP contribution in [0.4, 0.5) is 11.5 Å². The number of hydrogen-bond donors (Lipinski definition) is 1. The highest BCUT2D eigenvalue weighted by Crippen LogP contribution is 2.26. The lowest BCUT2D eigenvalue weighted by molar-refractivity contribution is 0.122. The van der Waals surface area contributed by atoms with Crippen LogP contribution in [0.2, 0.25) is 0 Å². The first-order chi connectivity index (χ1) is 12.3.